The van der Waals surface area contributed by atoms with Gasteiger partial charge in [0.1, 0.15) is 0 Å². The molecule has 2 aliphatic rings. The van der Waals surface area contributed by atoms with E-state index >= 15 is 0 Å². The van der Waals surface area contributed by atoms with Crippen LogP contribution in [-0.4, -0.2) is 67.7 Å². The first-order valence-electron chi connectivity index (χ1n) is 8.69. The Kier molecular flexibility index (Phi) is 6.56. The van der Waals surface area contributed by atoms with Crippen molar-refractivity contribution < 1.29 is 13.2 Å². The van der Waals surface area contributed by atoms with Gasteiger partial charge in [-0.2, -0.15) is 13.2 Å². The highest BCUT2D eigenvalue weighted by molar-refractivity contribution is 5.80. The summed E-state index contributed by atoms with van der Waals surface area (Å²) in [5.41, 5.74) is 0. The summed E-state index contributed by atoms with van der Waals surface area (Å²) in [5, 5.41) is 3.32. The summed E-state index contributed by atoms with van der Waals surface area (Å²) in [6.07, 6.45) is -0.950. The maximum absolute atomic E-state index is 12.4. The minimum atomic E-state index is -4.10. The Balaban J connectivity index is 1.84. The Morgan fingerprint density at radius 2 is 1.87 bits per heavy atom. The lowest BCUT2D eigenvalue weighted by Gasteiger charge is -2.33. The molecule has 4 nitrogen and oxygen atoms in total. The quantitative estimate of drug-likeness (QED) is 0.633. The molecule has 2 rings (SSSR count). The van der Waals surface area contributed by atoms with Crippen molar-refractivity contribution in [3.8, 4) is 0 Å². The van der Waals surface area contributed by atoms with E-state index in [1.165, 1.54) is 17.7 Å². The van der Waals surface area contributed by atoms with E-state index in [0.717, 1.165) is 37.9 Å². The van der Waals surface area contributed by atoms with Crippen LogP contribution in [0.1, 0.15) is 33.1 Å². The van der Waals surface area contributed by atoms with Crippen LogP contribution in [0, 0.1) is 11.8 Å². The number of halogens is 3. The molecule has 0 spiro atoms. The predicted octanol–water partition coefficient (Wildman–Crippen LogP) is 2.57. The number of hydrogen-bond acceptors (Lipinski definition) is 2. The molecule has 7 heteroatoms. The molecule has 0 aromatic heterocycles. The van der Waals surface area contributed by atoms with E-state index < -0.39 is 12.7 Å². The zero-order chi connectivity index (χ0) is 16.9. The van der Waals surface area contributed by atoms with Gasteiger partial charge >= 0.3 is 6.18 Å². The number of hydrogen-bond donors (Lipinski definition) is 1. The minimum absolute atomic E-state index is 0.231. The summed E-state index contributed by atoms with van der Waals surface area (Å²) in [7, 11) is 0. The lowest BCUT2D eigenvalue weighted by molar-refractivity contribution is -0.143. The maximum Gasteiger partial charge on any atom is 0.401 e. The Morgan fingerprint density at radius 3 is 2.48 bits per heavy atom. The Hall–Kier alpha value is -0.980. The lowest BCUT2D eigenvalue weighted by Crippen LogP contribution is -2.45. The van der Waals surface area contributed by atoms with E-state index in [1.807, 2.05) is 6.92 Å². The number of aliphatic imine (C=N–C) groups is 1. The van der Waals surface area contributed by atoms with Crippen LogP contribution in [0.15, 0.2) is 4.99 Å². The molecule has 0 bridgehead atoms. The van der Waals surface area contributed by atoms with E-state index in [2.05, 4.69) is 17.1 Å². The third-order valence-corrected chi connectivity index (χ3v) is 4.69. The summed E-state index contributed by atoms with van der Waals surface area (Å²) in [4.78, 5) is 8.48. The fraction of sp³-hybridized carbons (Fsp3) is 0.938. The summed E-state index contributed by atoms with van der Waals surface area (Å²) < 4.78 is 37.3. The largest absolute Gasteiger partial charge is 0.401 e. The van der Waals surface area contributed by atoms with Crippen LogP contribution in [-0.2, 0) is 0 Å². The van der Waals surface area contributed by atoms with Crippen molar-refractivity contribution in [3.63, 3.8) is 0 Å². The van der Waals surface area contributed by atoms with Gasteiger partial charge in [-0.05, 0) is 44.6 Å². The van der Waals surface area contributed by atoms with Gasteiger partial charge in [0.25, 0.3) is 0 Å². The molecule has 1 unspecified atom stereocenters. The van der Waals surface area contributed by atoms with Crippen LogP contribution in [0.4, 0.5) is 13.2 Å². The number of guanidine groups is 1. The van der Waals surface area contributed by atoms with Gasteiger partial charge in [0.2, 0.25) is 0 Å². The summed E-state index contributed by atoms with van der Waals surface area (Å²) in [6, 6.07) is 0. The normalized spacial score (nSPS) is 25.2. The van der Waals surface area contributed by atoms with E-state index in [9.17, 15) is 13.2 Å². The third-order valence-electron chi connectivity index (χ3n) is 4.69. The first-order chi connectivity index (χ1) is 10.9. The van der Waals surface area contributed by atoms with Crippen LogP contribution in [0.2, 0.25) is 0 Å². The van der Waals surface area contributed by atoms with Gasteiger partial charge in [-0.1, -0.05) is 6.92 Å². The predicted molar refractivity (Wildman–Crippen MR) is 86.6 cm³/mol. The molecule has 1 atom stereocenters. The molecular formula is C16H29F3N4. The molecule has 0 aliphatic carbocycles. The minimum Gasteiger partial charge on any atom is -0.357 e. The van der Waals surface area contributed by atoms with Crippen LogP contribution < -0.4 is 5.32 Å². The van der Waals surface area contributed by atoms with Gasteiger partial charge in [0.05, 0.1) is 6.54 Å². The van der Waals surface area contributed by atoms with E-state index in [0.29, 0.717) is 19.6 Å². The van der Waals surface area contributed by atoms with Crippen molar-refractivity contribution >= 4 is 5.96 Å². The molecule has 134 valence electrons. The Morgan fingerprint density at radius 1 is 1.17 bits per heavy atom. The summed E-state index contributed by atoms with van der Waals surface area (Å²) in [5.74, 6) is 1.92. The van der Waals surface area contributed by atoms with Gasteiger partial charge in [-0.15, -0.1) is 0 Å². The Labute approximate surface area is 137 Å². The fourth-order valence-electron chi connectivity index (χ4n) is 3.32. The monoisotopic (exact) mass is 334 g/mol. The van der Waals surface area contributed by atoms with Crippen LogP contribution >= 0.6 is 0 Å². The van der Waals surface area contributed by atoms with E-state index in [1.54, 1.807) is 0 Å². The van der Waals surface area contributed by atoms with Crippen molar-refractivity contribution in [1.29, 1.82) is 0 Å². The zero-order valence-corrected chi connectivity index (χ0v) is 14.2. The first kappa shape index (κ1) is 18.4. The molecule has 0 saturated carbocycles. The molecule has 23 heavy (non-hydrogen) atoms. The molecule has 2 saturated heterocycles. The fourth-order valence-corrected chi connectivity index (χ4v) is 3.32. The van der Waals surface area contributed by atoms with E-state index in [4.69, 9.17) is 4.99 Å². The third kappa shape index (κ3) is 6.20. The van der Waals surface area contributed by atoms with Gasteiger partial charge in [-0.25, -0.2) is 0 Å². The van der Waals surface area contributed by atoms with Gasteiger partial charge < -0.3 is 10.2 Å². The average Bonchev–Trinajstić information content (AvgIpc) is 2.90. The van der Waals surface area contributed by atoms with Crippen molar-refractivity contribution in [2.45, 2.75) is 39.3 Å². The second kappa shape index (κ2) is 8.22. The zero-order valence-electron chi connectivity index (χ0n) is 14.2. The SMILES string of the molecule is CCNC(=NCC1CCN(CC(F)(F)F)C1)N1CCC(C)CC1. The number of piperidine rings is 1. The van der Waals surface area contributed by atoms with Crippen molar-refractivity contribution in [3.05, 3.63) is 0 Å². The topological polar surface area (TPSA) is 30.9 Å². The standard InChI is InChI=1S/C16H29F3N4/c1-3-20-15(23-8-4-13(2)5-9-23)21-10-14-6-7-22(11-14)12-16(17,18)19/h13-14H,3-12H2,1-2H3,(H,20,21). The smallest absolute Gasteiger partial charge is 0.357 e. The van der Waals surface area contributed by atoms with Gasteiger partial charge in [0.15, 0.2) is 5.96 Å². The highest BCUT2D eigenvalue weighted by Gasteiger charge is 2.34. The van der Waals surface area contributed by atoms with Crippen molar-refractivity contribution in [1.82, 2.24) is 15.1 Å². The number of likely N-dealkylation sites (tertiary alicyclic amines) is 2. The van der Waals surface area contributed by atoms with E-state index in [-0.39, 0.29) is 5.92 Å². The number of nitrogens with zero attached hydrogens (tertiary/aromatic N) is 3. The summed E-state index contributed by atoms with van der Waals surface area (Å²) >= 11 is 0. The number of alkyl halides is 3. The molecule has 0 aromatic rings. The summed E-state index contributed by atoms with van der Waals surface area (Å²) in [6.45, 7) is 8.00. The number of rotatable bonds is 4. The molecule has 0 amide bonds. The van der Waals surface area contributed by atoms with Crippen LogP contribution in [0.5, 0.6) is 0 Å². The highest BCUT2D eigenvalue weighted by Crippen LogP contribution is 2.23. The maximum atomic E-state index is 12.4. The average molecular weight is 334 g/mol. The molecule has 2 heterocycles. The number of nitrogens with one attached hydrogen (secondary N) is 1. The Bertz CT molecular complexity index is 389. The van der Waals surface area contributed by atoms with Crippen LogP contribution in [0.25, 0.3) is 0 Å². The van der Waals surface area contributed by atoms with Crippen molar-refractivity contribution in [2.24, 2.45) is 16.8 Å². The molecule has 1 N–H and O–H groups in total. The molecule has 0 radical (unpaired) electrons. The molecule has 2 fully saturated rings. The highest BCUT2D eigenvalue weighted by atomic mass is 19.4. The molecular weight excluding hydrogens is 305 g/mol. The van der Waals surface area contributed by atoms with Gasteiger partial charge in [0, 0.05) is 32.7 Å². The molecule has 2 aliphatic heterocycles. The second-order valence-electron chi connectivity index (χ2n) is 6.87. The first-order valence-corrected chi connectivity index (χ1v) is 8.69. The van der Waals surface area contributed by atoms with Crippen molar-refractivity contribution in [2.75, 3.05) is 45.8 Å². The second-order valence-corrected chi connectivity index (χ2v) is 6.87. The van der Waals surface area contributed by atoms with Gasteiger partial charge in [-0.3, -0.25) is 9.89 Å². The molecule has 0 aromatic carbocycles. The lowest BCUT2D eigenvalue weighted by atomic mass is 9.99. The van der Waals surface area contributed by atoms with Crippen LogP contribution in [0.3, 0.4) is 0 Å².